The Balaban J connectivity index is 1.75. The second-order valence-electron chi connectivity index (χ2n) is 17.1. The number of hydrogen-bond acceptors (Lipinski definition) is 9. The molecule has 0 bridgehead atoms. The summed E-state index contributed by atoms with van der Waals surface area (Å²) in [6.07, 6.45) is -0.0103. The lowest BCUT2D eigenvalue weighted by Gasteiger charge is -2.40. The van der Waals surface area contributed by atoms with Crippen LogP contribution in [0.4, 0.5) is 5.69 Å². The Morgan fingerprint density at radius 2 is 1.49 bits per heavy atom. The van der Waals surface area contributed by atoms with Gasteiger partial charge >= 0.3 is 5.97 Å². The predicted octanol–water partition coefficient (Wildman–Crippen LogP) is 4.21. The number of anilines is 1. The molecular formula is C45H70N6O8. The third-order valence-corrected chi connectivity index (χ3v) is 11.6. The van der Waals surface area contributed by atoms with E-state index in [1.807, 2.05) is 108 Å². The quantitative estimate of drug-likeness (QED) is 0.126. The number of amides is 4. The van der Waals surface area contributed by atoms with Gasteiger partial charge in [0.1, 0.15) is 12.1 Å². The fourth-order valence-electron chi connectivity index (χ4n) is 8.61. The van der Waals surface area contributed by atoms with Gasteiger partial charge in [0.2, 0.25) is 23.6 Å². The van der Waals surface area contributed by atoms with Crippen molar-refractivity contribution in [1.82, 2.24) is 25.3 Å². The van der Waals surface area contributed by atoms with Crippen molar-refractivity contribution in [3.05, 3.63) is 65.7 Å². The standard InChI is InChI=1S/C45H70N6O8/c1-27(2)38(48-43(54)40(29(5)6)49(8)26-32-19-15-20-33(46)23-32)44(55)50(9)39(28(3)4)36(58-10)25-37(52)51-22-16-21-35(51)41(59-11)30(7)42(53)47-34(45(56)57)24-31-17-13-12-14-18-31/h12-15,17-20,23,27-30,34-36,38-41H,16,21-22,24-26,46H2,1-11H3,(H,47,53)(H,48,54)(H,56,57)/t30-,34+,35+,36-,38+,39?,40?,41-/m1/s1. The number of ether oxygens (including phenoxy) is 2. The van der Waals surface area contributed by atoms with E-state index in [0.29, 0.717) is 31.6 Å². The number of nitrogens with two attached hydrogens (primary N) is 1. The summed E-state index contributed by atoms with van der Waals surface area (Å²) in [4.78, 5) is 73.5. The van der Waals surface area contributed by atoms with Crippen LogP contribution in [0.15, 0.2) is 54.6 Å². The molecule has 0 spiro atoms. The normalized spacial score (nSPS) is 17.9. The smallest absolute Gasteiger partial charge is 0.326 e. The summed E-state index contributed by atoms with van der Waals surface area (Å²) in [5.41, 5.74) is 8.41. The third kappa shape index (κ3) is 13.2. The van der Waals surface area contributed by atoms with Crippen LogP contribution in [0.2, 0.25) is 0 Å². The molecule has 328 valence electrons. The van der Waals surface area contributed by atoms with Gasteiger partial charge in [-0.2, -0.15) is 0 Å². The zero-order valence-electron chi connectivity index (χ0n) is 37.0. The minimum Gasteiger partial charge on any atom is -0.480 e. The molecular weight excluding hydrogens is 753 g/mol. The zero-order chi connectivity index (χ0) is 44.1. The van der Waals surface area contributed by atoms with E-state index in [4.69, 9.17) is 15.2 Å². The van der Waals surface area contributed by atoms with Gasteiger partial charge in [0.05, 0.1) is 42.7 Å². The Hall–Kier alpha value is -4.53. The lowest BCUT2D eigenvalue weighted by molar-refractivity contribution is -0.148. The number of nitrogen functional groups attached to an aromatic ring is 1. The van der Waals surface area contributed by atoms with Crippen LogP contribution in [-0.2, 0) is 46.4 Å². The van der Waals surface area contributed by atoms with Gasteiger partial charge in [0, 0.05) is 46.5 Å². The Morgan fingerprint density at radius 3 is 2.03 bits per heavy atom. The maximum Gasteiger partial charge on any atom is 0.326 e. The van der Waals surface area contributed by atoms with Crippen molar-refractivity contribution in [1.29, 1.82) is 0 Å². The number of benzene rings is 2. The number of hydrogen-bond donors (Lipinski definition) is 4. The Morgan fingerprint density at radius 1 is 0.847 bits per heavy atom. The number of nitrogens with zero attached hydrogens (tertiary/aromatic N) is 3. The van der Waals surface area contributed by atoms with Crippen molar-refractivity contribution in [3.8, 4) is 0 Å². The van der Waals surface area contributed by atoms with E-state index in [-0.39, 0.29) is 48.3 Å². The SMILES string of the molecule is CO[C@H]([C@@H](C)C(=O)N[C@@H](Cc1ccccc1)C(=O)O)[C@@H]1CCCN1C(=O)C[C@@H](OC)C(C(C)C)N(C)C(=O)[C@@H](NC(=O)C(C(C)C)N(C)Cc1cccc(N)c1)C(C)C. The highest BCUT2D eigenvalue weighted by Gasteiger charge is 2.43. The first kappa shape index (κ1) is 48.8. The van der Waals surface area contributed by atoms with Crippen molar-refractivity contribution in [3.63, 3.8) is 0 Å². The van der Waals surface area contributed by atoms with E-state index in [1.54, 1.807) is 23.8 Å². The topological polar surface area (TPSA) is 184 Å². The highest BCUT2D eigenvalue weighted by molar-refractivity contribution is 5.90. The monoisotopic (exact) mass is 823 g/mol. The molecule has 0 aromatic heterocycles. The van der Waals surface area contributed by atoms with Crippen LogP contribution in [0.5, 0.6) is 0 Å². The fraction of sp³-hybridized carbons (Fsp3) is 0.622. The van der Waals surface area contributed by atoms with Gasteiger partial charge in [-0.3, -0.25) is 24.1 Å². The summed E-state index contributed by atoms with van der Waals surface area (Å²) < 4.78 is 11.9. The number of carbonyl (C=O) groups excluding carboxylic acids is 4. The Kier molecular flexibility index (Phi) is 18.8. The summed E-state index contributed by atoms with van der Waals surface area (Å²) in [6, 6.07) is 13.2. The van der Waals surface area contributed by atoms with Crippen LogP contribution in [-0.4, -0.2) is 127 Å². The van der Waals surface area contributed by atoms with Gasteiger partial charge in [0.15, 0.2) is 0 Å². The van der Waals surface area contributed by atoms with Crippen molar-refractivity contribution >= 4 is 35.3 Å². The van der Waals surface area contributed by atoms with Gasteiger partial charge in [0.25, 0.3) is 0 Å². The lowest BCUT2D eigenvalue weighted by atomic mass is 9.91. The van der Waals surface area contributed by atoms with Gasteiger partial charge in [-0.1, -0.05) is 90.9 Å². The van der Waals surface area contributed by atoms with E-state index < -0.39 is 60.2 Å². The second kappa shape index (κ2) is 22.7. The molecule has 1 aliphatic heterocycles. The molecule has 2 unspecified atom stereocenters. The van der Waals surface area contributed by atoms with E-state index >= 15 is 0 Å². The van der Waals surface area contributed by atoms with Crippen LogP contribution in [0.25, 0.3) is 0 Å². The van der Waals surface area contributed by atoms with Gasteiger partial charge in [-0.05, 0) is 60.9 Å². The molecule has 8 atom stereocenters. The maximum atomic E-state index is 14.4. The summed E-state index contributed by atoms with van der Waals surface area (Å²) in [5.74, 6) is -3.55. The Bertz CT molecular complexity index is 1690. The maximum absolute atomic E-state index is 14.4. The van der Waals surface area contributed by atoms with Crippen LogP contribution >= 0.6 is 0 Å². The first-order chi connectivity index (χ1) is 27.8. The van der Waals surface area contributed by atoms with Crippen molar-refractivity contribution in [2.24, 2.45) is 23.7 Å². The molecule has 1 saturated heterocycles. The third-order valence-electron chi connectivity index (χ3n) is 11.6. The molecule has 1 aliphatic rings. The number of carbonyl (C=O) groups is 5. The molecule has 0 radical (unpaired) electrons. The van der Waals surface area contributed by atoms with Crippen LogP contribution in [0.1, 0.15) is 78.9 Å². The molecule has 14 heteroatoms. The van der Waals surface area contributed by atoms with Crippen LogP contribution in [0.3, 0.4) is 0 Å². The molecule has 1 fully saturated rings. The number of aliphatic carboxylic acids is 1. The first-order valence-electron chi connectivity index (χ1n) is 20.9. The predicted molar refractivity (Wildman–Crippen MR) is 229 cm³/mol. The van der Waals surface area contributed by atoms with Gasteiger partial charge in [-0.15, -0.1) is 0 Å². The number of carboxylic acids is 1. The van der Waals surface area contributed by atoms with Gasteiger partial charge < -0.3 is 40.7 Å². The highest BCUT2D eigenvalue weighted by Crippen LogP contribution is 2.29. The summed E-state index contributed by atoms with van der Waals surface area (Å²) >= 11 is 0. The minimum atomic E-state index is -1.14. The van der Waals surface area contributed by atoms with Gasteiger partial charge in [-0.25, -0.2) is 4.79 Å². The van der Waals surface area contributed by atoms with Crippen molar-refractivity contribution in [2.45, 2.75) is 123 Å². The molecule has 2 aromatic rings. The molecule has 0 aliphatic carbocycles. The van der Waals surface area contributed by atoms with E-state index in [2.05, 4.69) is 10.6 Å². The molecule has 0 saturated carbocycles. The summed E-state index contributed by atoms with van der Waals surface area (Å²) in [5, 5.41) is 15.7. The van der Waals surface area contributed by atoms with Crippen LogP contribution in [0, 0.1) is 23.7 Å². The molecule has 1 heterocycles. The average Bonchev–Trinajstić information content (AvgIpc) is 3.66. The molecule has 5 N–H and O–H groups in total. The number of methoxy groups -OCH3 is 2. The number of likely N-dealkylation sites (N-methyl/N-ethyl adjacent to an activating group) is 2. The fourth-order valence-corrected chi connectivity index (χ4v) is 8.61. The molecule has 3 rings (SSSR count). The largest absolute Gasteiger partial charge is 0.480 e. The number of likely N-dealkylation sites (tertiary alicyclic amines) is 1. The molecule has 2 aromatic carbocycles. The van der Waals surface area contributed by atoms with Crippen LogP contribution < -0.4 is 16.4 Å². The zero-order valence-corrected chi connectivity index (χ0v) is 37.0. The minimum absolute atomic E-state index is 0.0361. The van der Waals surface area contributed by atoms with E-state index in [1.165, 1.54) is 14.2 Å². The van der Waals surface area contributed by atoms with E-state index in [9.17, 15) is 29.1 Å². The summed E-state index contributed by atoms with van der Waals surface area (Å²) in [6.45, 7) is 14.3. The molecule has 59 heavy (non-hydrogen) atoms. The Labute approximate surface area is 351 Å². The number of rotatable bonds is 22. The van der Waals surface area contributed by atoms with E-state index in [0.717, 1.165) is 11.1 Å². The van der Waals surface area contributed by atoms with Crippen molar-refractivity contribution in [2.75, 3.05) is 40.6 Å². The van der Waals surface area contributed by atoms with Crippen molar-refractivity contribution < 1.29 is 38.6 Å². The lowest BCUT2D eigenvalue weighted by Crippen LogP contribution is -2.59. The second-order valence-corrected chi connectivity index (χ2v) is 17.1. The average molecular weight is 823 g/mol. The highest BCUT2D eigenvalue weighted by atomic mass is 16.5. The molecule has 14 nitrogen and oxygen atoms in total. The first-order valence-corrected chi connectivity index (χ1v) is 20.9. The summed E-state index contributed by atoms with van der Waals surface area (Å²) in [7, 11) is 6.60. The molecule has 4 amide bonds. The number of carboxylic acid groups (broad SMARTS) is 1. The number of nitrogens with one attached hydrogen (secondary N) is 2.